The number of aromatic nitrogens is 2. The Morgan fingerprint density at radius 2 is 2.05 bits per heavy atom. The van der Waals surface area contributed by atoms with Crippen LogP contribution < -0.4 is 5.32 Å². The molecule has 0 spiro atoms. The number of carbonyl (C=O) groups is 1. The molecular weight excluding hydrogens is 270 g/mol. The number of aryl methyl sites for hydroxylation is 1. The van der Waals surface area contributed by atoms with Gasteiger partial charge in [-0.2, -0.15) is 4.98 Å². The Morgan fingerprint density at radius 3 is 2.71 bits per heavy atom. The Balaban J connectivity index is 1.89. The highest BCUT2D eigenvalue weighted by Crippen LogP contribution is 2.12. The maximum atomic E-state index is 11.5. The predicted molar refractivity (Wildman–Crippen MR) is 78.0 cm³/mol. The van der Waals surface area contributed by atoms with Gasteiger partial charge in [0, 0.05) is 12.1 Å². The minimum Gasteiger partial charge on any atom is -0.462 e. The number of nitrogens with one attached hydrogen (secondary N) is 1. The van der Waals surface area contributed by atoms with E-state index in [9.17, 15) is 4.79 Å². The van der Waals surface area contributed by atoms with E-state index in [0.29, 0.717) is 24.6 Å². The first-order valence-corrected chi connectivity index (χ1v) is 7.05. The van der Waals surface area contributed by atoms with Crippen LogP contribution in [-0.2, 0) is 17.7 Å². The Hall–Kier alpha value is -2.37. The van der Waals surface area contributed by atoms with Crippen molar-refractivity contribution in [3.05, 3.63) is 41.5 Å². The minimum absolute atomic E-state index is 0.315. The van der Waals surface area contributed by atoms with Crippen molar-refractivity contribution in [2.45, 2.75) is 33.2 Å². The van der Waals surface area contributed by atoms with Crippen molar-refractivity contribution < 1.29 is 14.1 Å². The van der Waals surface area contributed by atoms with Crippen LogP contribution in [0.3, 0.4) is 0 Å². The summed E-state index contributed by atoms with van der Waals surface area (Å²) in [7, 11) is 0. The van der Waals surface area contributed by atoms with Crippen molar-refractivity contribution in [2.24, 2.45) is 0 Å². The molecule has 0 saturated carbocycles. The average Bonchev–Trinajstić information content (AvgIpc) is 2.94. The zero-order valence-electron chi connectivity index (χ0n) is 12.3. The van der Waals surface area contributed by atoms with Crippen LogP contribution in [0.5, 0.6) is 0 Å². The molecule has 0 bridgehead atoms. The zero-order valence-corrected chi connectivity index (χ0v) is 12.3. The summed E-state index contributed by atoms with van der Waals surface area (Å²) in [5.74, 6) is 0.963. The maximum Gasteiger partial charge on any atom is 0.338 e. The van der Waals surface area contributed by atoms with E-state index in [4.69, 9.17) is 9.26 Å². The molecule has 0 unspecified atom stereocenters. The van der Waals surface area contributed by atoms with E-state index in [1.54, 1.807) is 19.1 Å². The molecule has 0 aliphatic carbocycles. The Labute approximate surface area is 123 Å². The Kier molecular flexibility index (Phi) is 5.31. The number of nitrogens with zero attached hydrogens (tertiary/aromatic N) is 2. The highest BCUT2D eigenvalue weighted by Gasteiger charge is 2.07. The van der Waals surface area contributed by atoms with Crippen LogP contribution in [0.2, 0.25) is 0 Å². The van der Waals surface area contributed by atoms with Crippen molar-refractivity contribution in [3.63, 3.8) is 0 Å². The van der Waals surface area contributed by atoms with Crippen LogP contribution in [-0.4, -0.2) is 22.7 Å². The summed E-state index contributed by atoms with van der Waals surface area (Å²) < 4.78 is 10.1. The van der Waals surface area contributed by atoms with Gasteiger partial charge in [0.25, 0.3) is 0 Å². The van der Waals surface area contributed by atoms with E-state index in [1.165, 1.54) is 0 Å². The molecule has 1 aromatic heterocycles. The third kappa shape index (κ3) is 4.30. The second kappa shape index (κ2) is 7.42. The van der Waals surface area contributed by atoms with Crippen molar-refractivity contribution in [1.29, 1.82) is 0 Å². The van der Waals surface area contributed by atoms with E-state index in [0.717, 1.165) is 24.4 Å². The van der Waals surface area contributed by atoms with E-state index >= 15 is 0 Å². The van der Waals surface area contributed by atoms with Gasteiger partial charge in [-0.15, -0.1) is 0 Å². The molecule has 1 N–H and O–H groups in total. The number of carbonyl (C=O) groups excluding carboxylic acids is 1. The molecule has 0 amide bonds. The SMILES string of the molecule is CCCc1noc(CNc2ccc(C(=O)OCC)cc2)n1. The number of anilines is 1. The number of hydrogen-bond acceptors (Lipinski definition) is 6. The smallest absolute Gasteiger partial charge is 0.338 e. The molecule has 1 heterocycles. The van der Waals surface area contributed by atoms with Gasteiger partial charge in [-0.25, -0.2) is 4.79 Å². The quantitative estimate of drug-likeness (QED) is 0.790. The van der Waals surface area contributed by atoms with Gasteiger partial charge < -0.3 is 14.6 Å². The van der Waals surface area contributed by atoms with Crippen LogP contribution in [0.25, 0.3) is 0 Å². The van der Waals surface area contributed by atoms with Crippen LogP contribution in [0.1, 0.15) is 42.3 Å². The second-order valence-corrected chi connectivity index (χ2v) is 4.51. The van der Waals surface area contributed by atoms with Crippen molar-refractivity contribution in [3.8, 4) is 0 Å². The van der Waals surface area contributed by atoms with Gasteiger partial charge in [0.1, 0.15) is 0 Å². The minimum atomic E-state index is -0.315. The van der Waals surface area contributed by atoms with E-state index < -0.39 is 0 Å². The largest absolute Gasteiger partial charge is 0.462 e. The molecule has 6 heteroatoms. The molecule has 6 nitrogen and oxygen atoms in total. The normalized spacial score (nSPS) is 10.4. The van der Waals surface area contributed by atoms with Gasteiger partial charge in [-0.05, 0) is 37.6 Å². The topological polar surface area (TPSA) is 77.2 Å². The third-order valence-corrected chi connectivity index (χ3v) is 2.82. The summed E-state index contributed by atoms with van der Waals surface area (Å²) in [5, 5.41) is 7.05. The first kappa shape index (κ1) is 15.0. The highest BCUT2D eigenvalue weighted by molar-refractivity contribution is 5.89. The van der Waals surface area contributed by atoms with Gasteiger partial charge in [-0.3, -0.25) is 0 Å². The lowest BCUT2D eigenvalue weighted by atomic mass is 10.2. The molecular formula is C15H19N3O3. The lowest BCUT2D eigenvalue weighted by Crippen LogP contribution is -2.05. The first-order valence-electron chi connectivity index (χ1n) is 7.05. The van der Waals surface area contributed by atoms with E-state index in [2.05, 4.69) is 22.4 Å². The number of rotatable bonds is 7. The fourth-order valence-electron chi connectivity index (χ4n) is 1.80. The Morgan fingerprint density at radius 1 is 1.29 bits per heavy atom. The fourth-order valence-corrected chi connectivity index (χ4v) is 1.80. The molecule has 0 aliphatic rings. The molecule has 1 aromatic carbocycles. The van der Waals surface area contributed by atoms with Gasteiger partial charge in [0.15, 0.2) is 5.82 Å². The molecule has 0 aliphatic heterocycles. The highest BCUT2D eigenvalue weighted by atomic mass is 16.5. The summed E-state index contributed by atoms with van der Waals surface area (Å²) in [4.78, 5) is 15.8. The summed E-state index contributed by atoms with van der Waals surface area (Å²) in [5.41, 5.74) is 1.41. The maximum absolute atomic E-state index is 11.5. The van der Waals surface area contributed by atoms with Crippen LogP contribution in [0, 0.1) is 0 Å². The summed E-state index contributed by atoms with van der Waals surface area (Å²) in [6.45, 7) is 4.68. The second-order valence-electron chi connectivity index (χ2n) is 4.51. The molecule has 0 atom stereocenters. The summed E-state index contributed by atoms with van der Waals surface area (Å²) in [6, 6.07) is 7.07. The third-order valence-electron chi connectivity index (χ3n) is 2.82. The van der Waals surface area contributed by atoms with E-state index in [-0.39, 0.29) is 5.97 Å². The number of esters is 1. The van der Waals surface area contributed by atoms with Gasteiger partial charge in [-0.1, -0.05) is 12.1 Å². The lowest BCUT2D eigenvalue weighted by Gasteiger charge is -2.05. The standard InChI is InChI=1S/C15H19N3O3/c1-3-5-13-17-14(21-18-13)10-16-12-8-6-11(7-9-12)15(19)20-4-2/h6-9,16H,3-5,10H2,1-2H3. The van der Waals surface area contributed by atoms with Crippen LogP contribution in [0.15, 0.2) is 28.8 Å². The van der Waals surface area contributed by atoms with Crippen molar-refractivity contribution in [1.82, 2.24) is 10.1 Å². The number of ether oxygens (including phenoxy) is 1. The Bertz CT molecular complexity index is 578. The first-order chi connectivity index (χ1) is 10.2. The molecule has 21 heavy (non-hydrogen) atoms. The molecule has 2 rings (SSSR count). The van der Waals surface area contributed by atoms with Crippen molar-refractivity contribution >= 4 is 11.7 Å². The van der Waals surface area contributed by atoms with Gasteiger partial charge >= 0.3 is 5.97 Å². The monoisotopic (exact) mass is 289 g/mol. The summed E-state index contributed by atoms with van der Waals surface area (Å²) in [6.07, 6.45) is 1.81. The fraction of sp³-hybridized carbons (Fsp3) is 0.400. The molecule has 112 valence electrons. The molecule has 0 saturated heterocycles. The lowest BCUT2D eigenvalue weighted by molar-refractivity contribution is 0.0526. The van der Waals surface area contributed by atoms with Gasteiger partial charge in [0.2, 0.25) is 5.89 Å². The molecule has 0 radical (unpaired) electrons. The van der Waals surface area contributed by atoms with Crippen molar-refractivity contribution in [2.75, 3.05) is 11.9 Å². The van der Waals surface area contributed by atoms with Crippen LogP contribution in [0.4, 0.5) is 5.69 Å². The zero-order chi connectivity index (χ0) is 15.1. The van der Waals surface area contributed by atoms with Crippen LogP contribution >= 0.6 is 0 Å². The number of benzene rings is 1. The van der Waals surface area contributed by atoms with Gasteiger partial charge in [0.05, 0.1) is 18.7 Å². The average molecular weight is 289 g/mol. The molecule has 0 fully saturated rings. The summed E-state index contributed by atoms with van der Waals surface area (Å²) >= 11 is 0. The number of hydrogen-bond donors (Lipinski definition) is 1. The molecule has 2 aromatic rings. The predicted octanol–water partition coefficient (Wildman–Crippen LogP) is 2.81. The van der Waals surface area contributed by atoms with E-state index in [1.807, 2.05) is 12.1 Å².